The van der Waals surface area contributed by atoms with Crippen LogP contribution in [0.25, 0.3) is 6.08 Å². The Balaban J connectivity index is 0.00000225. The normalized spacial score (nSPS) is 14.0. The van der Waals surface area contributed by atoms with E-state index in [9.17, 15) is 0 Å². The summed E-state index contributed by atoms with van der Waals surface area (Å²) in [5.41, 5.74) is 1.09. The second-order valence-electron chi connectivity index (χ2n) is 6.61. The van der Waals surface area contributed by atoms with Gasteiger partial charge in [-0.25, -0.2) is 0 Å². The van der Waals surface area contributed by atoms with Crippen LogP contribution in [0.2, 0.25) is 5.02 Å². The van der Waals surface area contributed by atoms with Crippen LogP contribution in [0.3, 0.4) is 0 Å². The molecule has 1 heterocycles. The monoisotopic (exact) mass is 474 g/mol. The molecule has 0 amide bonds. The number of rotatable bonds is 8. The Bertz CT molecular complexity index is 780. The molecule has 0 N–H and O–H groups in total. The lowest BCUT2D eigenvalue weighted by atomic mass is 10.2. The average molecular weight is 476 g/mol. The van der Waals surface area contributed by atoms with Crippen molar-refractivity contribution in [2.24, 2.45) is 0 Å². The van der Waals surface area contributed by atoms with Gasteiger partial charge in [0.25, 0.3) is 0 Å². The molecule has 3 rings (SSSR count). The third-order valence-electron chi connectivity index (χ3n) is 4.78. The van der Waals surface area contributed by atoms with E-state index in [4.69, 9.17) is 25.8 Å². The Hall–Kier alpha value is -1.79. The number of hydrogen-bond donors (Lipinski definition) is 0. The van der Waals surface area contributed by atoms with Crippen LogP contribution in [0.5, 0.6) is 17.2 Å². The van der Waals surface area contributed by atoms with Crippen LogP contribution in [0.1, 0.15) is 5.56 Å². The SMILES string of the molecule is COc1ccc(C=CN2CCN(CCOc3ccc(Cl)cc3)CC2)cc1OC.Cl.Cl. The lowest BCUT2D eigenvalue weighted by Crippen LogP contribution is -2.45. The first-order valence-electron chi connectivity index (χ1n) is 9.43. The molecule has 1 aliphatic rings. The van der Waals surface area contributed by atoms with Gasteiger partial charge in [0.05, 0.1) is 14.2 Å². The maximum Gasteiger partial charge on any atom is 0.161 e. The summed E-state index contributed by atoms with van der Waals surface area (Å²) >= 11 is 5.89. The number of benzene rings is 2. The molecule has 8 heteroatoms. The minimum Gasteiger partial charge on any atom is -0.493 e. The van der Waals surface area contributed by atoms with Gasteiger partial charge in [0.2, 0.25) is 0 Å². The van der Waals surface area contributed by atoms with Crippen molar-refractivity contribution >= 4 is 42.5 Å². The molecule has 0 unspecified atom stereocenters. The highest BCUT2D eigenvalue weighted by Crippen LogP contribution is 2.28. The number of ether oxygens (including phenoxy) is 3. The van der Waals surface area contributed by atoms with Gasteiger partial charge >= 0.3 is 0 Å². The summed E-state index contributed by atoms with van der Waals surface area (Å²) in [6, 6.07) is 13.4. The Morgan fingerprint density at radius 1 is 0.900 bits per heavy atom. The fourth-order valence-electron chi connectivity index (χ4n) is 3.11. The van der Waals surface area contributed by atoms with E-state index >= 15 is 0 Å². The Kier molecular flexibility index (Phi) is 11.8. The first kappa shape index (κ1) is 26.2. The standard InChI is InChI=1S/C22H27ClN2O3.2ClH/c1-26-21-8-3-18(17-22(21)27-2)9-10-24-11-13-25(14-12-24)15-16-28-20-6-4-19(23)5-7-20;;/h3-10,17H,11-16H2,1-2H3;2*1H. The van der Waals surface area contributed by atoms with Crippen molar-refractivity contribution in [2.75, 3.05) is 53.6 Å². The Morgan fingerprint density at radius 3 is 2.20 bits per heavy atom. The average Bonchev–Trinajstić information content (AvgIpc) is 2.74. The van der Waals surface area contributed by atoms with Crippen LogP contribution < -0.4 is 14.2 Å². The van der Waals surface area contributed by atoms with Crippen molar-refractivity contribution in [1.29, 1.82) is 0 Å². The Morgan fingerprint density at radius 2 is 1.57 bits per heavy atom. The predicted molar refractivity (Wildman–Crippen MR) is 128 cm³/mol. The van der Waals surface area contributed by atoms with Gasteiger partial charge in [-0.1, -0.05) is 17.7 Å². The van der Waals surface area contributed by atoms with Crippen molar-refractivity contribution in [3.63, 3.8) is 0 Å². The second-order valence-corrected chi connectivity index (χ2v) is 7.05. The summed E-state index contributed by atoms with van der Waals surface area (Å²) in [6.07, 6.45) is 4.27. The van der Waals surface area contributed by atoms with Crippen LogP contribution in [-0.4, -0.2) is 63.4 Å². The first-order chi connectivity index (χ1) is 13.7. The van der Waals surface area contributed by atoms with E-state index in [1.807, 2.05) is 42.5 Å². The molecule has 0 spiro atoms. The van der Waals surface area contributed by atoms with Gasteiger partial charge in [-0.2, -0.15) is 0 Å². The molecule has 0 atom stereocenters. The van der Waals surface area contributed by atoms with E-state index in [1.165, 1.54) is 0 Å². The van der Waals surface area contributed by atoms with Gasteiger partial charge in [-0.3, -0.25) is 4.90 Å². The highest BCUT2D eigenvalue weighted by atomic mass is 35.5. The molecule has 1 aliphatic heterocycles. The van der Waals surface area contributed by atoms with Gasteiger partial charge in [-0.15, -0.1) is 24.8 Å². The molecule has 0 bridgehead atoms. The summed E-state index contributed by atoms with van der Waals surface area (Å²) in [6.45, 7) is 5.68. The third kappa shape index (κ3) is 7.80. The zero-order chi connectivity index (χ0) is 19.8. The molecule has 30 heavy (non-hydrogen) atoms. The highest BCUT2D eigenvalue weighted by molar-refractivity contribution is 6.30. The maximum atomic E-state index is 5.89. The van der Waals surface area contributed by atoms with Gasteiger partial charge in [0.15, 0.2) is 11.5 Å². The molecule has 2 aromatic carbocycles. The molecule has 2 aromatic rings. The van der Waals surface area contributed by atoms with E-state index in [0.29, 0.717) is 6.61 Å². The zero-order valence-electron chi connectivity index (χ0n) is 17.3. The molecule has 166 valence electrons. The second kappa shape index (κ2) is 13.5. The van der Waals surface area contributed by atoms with E-state index < -0.39 is 0 Å². The molecule has 1 fully saturated rings. The molecule has 0 aliphatic carbocycles. The van der Waals surface area contributed by atoms with Crippen LogP contribution in [0.4, 0.5) is 0 Å². The smallest absolute Gasteiger partial charge is 0.161 e. The number of hydrogen-bond acceptors (Lipinski definition) is 5. The summed E-state index contributed by atoms with van der Waals surface area (Å²) in [5, 5.41) is 0.726. The molecule has 5 nitrogen and oxygen atoms in total. The van der Waals surface area contributed by atoms with Crippen LogP contribution in [0, 0.1) is 0 Å². The van der Waals surface area contributed by atoms with Gasteiger partial charge in [0.1, 0.15) is 12.4 Å². The number of piperazine rings is 1. The summed E-state index contributed by atoms with van der Waals surface area (Å²) in [4.78, 5) is 4.77. The van der Waals surface area contributed by atoms with Crippen molar-refractivity contribution in [2.45, 2.75) is 0 Å². The molecular weight excluding hydrogens is 447 g/mol. The molecule has 0 saturated carbocycles. The molecular formula is C22H29Cl3N2O3. The van der Waals surface area contributed by atoms with Gasteiger partial charge < -0.3 is 19.1 Å². The fraction of sp³-hybridized carbons (Fsp3) is 0.364. The van der Waals surface area contributed by atoms with Gasteiger partial charge in [0, 0.05) is 37.7 Å². The van der Waals surface area contributed by atoms with Crippen LogP contribution in [0.15, 0.2) is 48.7 Å². The summed E-state index contributed by atoms with van der Waals surface area (Å²) < 4.78 is 16.4. The molecule has 0 aromatic heterocycles. The predicted octanol–water partition coefficient (Wildman–Crippen LogP) is 4.87. The highest BCUT2D eigenvalue weighted by Gasteiger charge is 2.14. The van der Waals surface area contributed by atoms with E-state index in [1.54, 1.807) is 14.2 Å². The molecule has 0 radical (unpaired) electrons. The summed E-state index contributed by atoms with van der Waals surface area (Å²) in [5.74, 6) is 2.35. The van der Waals surface area contributed by atoms with Crippen molar-refractivity contribution in [3.8, 4) is 17.2 Å². The zero-order valence-corrected chi connectivity index (χ0v) is 19.6. The largest absolute Gasteiger partial charge is 0.493 e. The number of halogens is 3. The first-order valence-corrected chi connectivity index (χ1v) is 9.81. The quantitative estimate of drug-likeness (QED) is 0.544. The lowest BCUT2D eigenvalue weighted by Gasteiger charge is -2.34. The summed E-state index contributed by atoms with van der Waals surface area (Å²) in [7, 11) is 3.30. The van der Waals surface area contributed by atoms with E-state index in [2.05, 4.69) is 22.1 Å². The minimum absolute atomic E-state index is 0. The van der Waals surface area contributed by atoms with Crippen LogP contribution >= 0.6 is 36.4 Å². The Labute approximate surface area is 196 Å². The third-order valence-corrected chi connectivity index (χ3v) is 5.03. The van der Waals surface area contributed by atoms with Crippen LogP contribution in [-0.2, 0) is 0 Å². The van der Waals surface area contributed by atoms with Crippen molar-refractivity contribution in [1.82, 2.24) is 9.80 Å². The van der Waals surface area contributed by atoms with Crippen molar-refractivity contribution in [3.05, 3.63) is 59.3 Å². The topological polar surface area (TPSA) is 34.2 Å². The van der Waals surface area contributed by atoms with E-state index in [-0.39, 0.29) is 24.8 Å². The number of methoxy groups -OCH3 is 2. The van der Waals surface area contributed by atoms with E-state index in [0.717, 1.165) is 60.6 Å². The minimum atomic E-state index is 0. The van der Waals surface area contributed by atoms with Crippen molar-refractivity contribution < 1.29 is 14.2 Å². The fourth-order valence-corrected chi connectivity index (χ4v) is 3.23. The number of nitrogens with zero attached hydrogens (tertiary/aromatic N) is 2. The molecule has 1 saturated heterocycles. The van der Waals surface area contributed by atoms with Gasteiger partial charge in [-0.05, 0) is 54.2 Å². The maximum absolute atomic E-state index is 5.89. The lowest BCUT2D eigenvalue weighted by molar-refractivity contribution is 0.145.